The maximum absolute atomic E-state index is 14.0. The number of hydrogen-bond acceptors (Lipinski definition) is 6. The molecular formula is C22H22FN5O2S. The van der Waals surface area contributed by atoms with Gasteiger partial charge in [0.05, 0.1) is 12.2 Å². The number of ether oxygens (including phenoxy) is 1. The number of nitrogens with two attached hydrogens (primary N) is 1. The molecule has 31 heavy (non-hydrogen) atoms. The molecule has 2 heterocycles. The lowest BCUT2D eigenvalue weighted by atomic mass is 9.94. The van der Waals surface area contributed by atoms with Gasteiger partial charge in [-0.15, -0.1) is 5.10 Å². The number of thioether (sulfide) groups is 1. The van der Waals surface area contributed by atoms with Crippen LogP contribution in [0.25, 0.3) is 0 Å². The van der Waals surface area contributed by atoms with E-state index < -0.39 is 11.9 Å². The van der Waals surface area contributed by atoms with Crippen molar-refractivity contribution in [3.63, 3.8) is 0 Å². The van der Waals surface area contributed by atoms with Gasteiger partial charge in [0, 0.05) is 17.0 Å². The van der Waals surface area contributed by atoms with Crippen molar-refractivity contribution in [3.8, 4) is 5.75 Å². The summed E-state index contributed by atoms with van der Waals surface area (Å²) in [6.07, 6.45) is 0. The lowest BCUT2D eigenvalue weighted by molar-refractivity contribution is -0.115. The van der Waals surface area contributed by atoms with E-state index in [2.05, 4.69) is 15.4 Å². The van der Waals surface area contributed by atoms with Crippen molar-refractivity contribution in [2.75, 3.05) is 11.9 Å². The predicted octanol–water partition coefficient (Wildman–Crippen LogP) is 3.88. The van der Waals surface area contributed by atoms with Gasteiger partial charge in [0.2, 0.25) is 17.0 Å². The molecule has 1 aromatic heterocycles. The van der Waals surface area contributed by atoms with Crippen molar-refractivity contribution >= 4 is 23.6 Å². The molecule has 0 aliphatic carbocycles. The number of rotatable bonds is 7. The molecule has 0 bridgehead atoms. The molecular weight excluding hydrogens is 417 g/mol. The van der Waals surface area contributed by atoms with Gasteiger partial charge in [0.15, 0.2) is 0 Å². The van der Waals surface area contributed by atoms with Crippen molar-refractivity contribution in [2.24, 2.45) is 5.73 Å². The van der Waals surface area contributed by atoms with E-state index in [1.54, 1.807) is 29.8 Å². The average molecular weight is 440 g/mol. The van der Waals surface area contributed by atoms with E-state index in [0.717, 1.165) is 5.56 Å². The zero-order valence-corrected chi connectivity index (χ0v) is 17.9. The second-order valence-electron chi connectivity index (χ2n) is 6.94. The SMILES string of the molecule is CCOc1ccccc1[C@H]1C(C(N)=O)=C(C)Nc2nc(SCc3ccccc3F)nn21. The molecule has 0 spiro atoms. The summed E-state index contributed by atoms with van der Waals surface area (Å²) in [5.74, 6) is 0.684. The number of nitrogens with zero attached hydrogens (tertiary/aromatic N) is 3. The highest BCUT2D eigenvalue weighted by atomic mass is 32.2. The molecule has 4 rings (SSSR count). The molecule has 0 radical (unpaired) electrons. The van der Waals surface area contributed by atoms with Gasteiger partial charge in [0.1, 0.15) is 17.6 Å². The number of carbonyl (C=O) groups is 1. The van der Waals surface area contributed by atoms with E-state index in [-0.39, 0.29) is 5.82 Å². The van der Waals surface area contributed by atoms with Crippen LogP contribution in [-0.2, 0) is 10.5 Å². The minimum atomic E-state index is -0.591. The number of fused-ring (bicyclic) bond motifs is 1. The molecule has 2 aromatic carbocycles. The zero-order valence-electron chi connectivity index (χ0n) is 17.1. The molecule has 1 amide bonds. The summed E-state index contributed by atoms with van der Waals surface area (Å²) in [6.45, 7) is 4.15. The van der Waals surface area contributed by atoms with Crippen LogP contribution >= 0.6 is 11.8 Å². The fourth-order valence-electron chi connectivity index (χ4n) is 3.55. The highest BCUT2D eigenvalue weighted by Crippen LogP contribution is 2.39. The van der Waals surface area contributed by atoms with Crippen molar-refractivity contribution < 1.29 is 13.9 Å². The number of anilines is 1. The van der Waals surface area contributed by atoms with Crippen LogP contribution < -0.4 is 15.8 Å². The van der Waals surface area contributed by atoms with Gasteiger partial charge in [-0.2, -0.15) is 4.98 Å². The topological polar surface area (TPSA) is 95.1 Å². The molecule has 0 saturated carbocycles. The summed E-state index contributed by atoms with van der Waals surface area (Å²) in [6, 6.07) is 13.5. The van der Waals surface area contributed by atoms with E-state index in [4.69, 9.17) is 10.5 Å². The largest absolute Gasteiger partial charge is 0.494 e. The molecule has 3 N–H and O–H groups in total. The first-order valence-corrected chi connectivity index (χ1v) is 10.8. The summed E-state index contributed by atoms with van der Waals surface area (Å²) >= 11 is 1.31. The predicted molar refractivity (Wildman–Crippen MR) is 117 cm³/mol. The Balaban J connectivity index is 1.73. The highest BCUT2D eigenvalue weighted by molar-refractivity contribution is 7.98. The van der Waals surface area contributed by atoms with Crippen LogP contribution in [0.1, 0.15) is 31.0 Å². The Hall–Kier alpha value is -3.33. The van der Waals surface area contributed by atoms with Crippen LogP contribution in [0.4, 0.5) is 10.3 Å². The number of benzene rings is 2. The first kappa shape index (κ1) is 20.9. The molecule has 1 atom stereocenters. The molecule has 1 aliphatic rings. The second-order valence-corrected chi connectivity index (χ2v) is 7.89. The number of hydrogen-bond donors (Lipinski definition) is 2. The lowest BCUT2D eigenvalue weighted by Gasteiger charge is -2.28. The van der Waals surface area contributed by atoms with E-state index in [0.29, 0.717) is 46.0 Å². The minimum Gasteiger partial charge on any atom is -0.494 e. The normalized spacial score (nSPS) is 15.4. The number of aromatic nitrogens is 3. The number of primary amides is 1. The maximum Gasteiger partial charge on any atom is 0.248 e. The van der Waals surface area contributed by atoms with E-state index in [1.807, 2.05) is 31.2 Å². The van der Waals surface area contributed by atoms with Crippen LogP contribution in [-0.4, -0.2) is 27.3 Å². The summed E-state index contributed by atoms with van der Waals surface area (Å²) < 4.78 is 21.4. The number of halogens is 1. The van der Waals surface area contributed by atoms with Gasteiger partial charge in [-0.25, -0.2) is 9.07 Å². The summed E-state index contributed by atoms with van der Waals surface area (Å²) in [5, 5.41) is 8.18. The van der Waals surface area contributed by atoms with Gasteiger partial charge < -0.3 is 15.8 Å². The Morgan fingerprint density at radius 2 is 2.00 bits per heavy atom. The Bertz CT molecular complexity index is 1160. The highest BCUT2D eigenvalue weighted by Gasteiger charge is 2.35. The van der Waals surface area contributed by atoms with Gasteiger partial charge in [-0.3, -0.25) is 4.79 Å². The lowest BCUT2D eigenvalue weighted by Crippen LogP contribution is -2.32. The fraction of sp³-hybridized carbons (Fsp3) is 0.227. The molecule has 9 heteroatoms. The molecule has 7 nitrogen and oxygen atoms in total. The third kappa shape index (κ3) is 4.13. The van der Waals surface area contributed by atoms with Crippen molar-refractivity contribution in [2.45, 2.75) is 30.8 Å². The van der Waals surface area contributed by atoms with Gasteiger partial charge >= 0.3 is 0 Å². The van der Waals surface area contributed by atoms with Crippen LogP contribution in [0.2, 0.25) is 0 Å². The third-order valence-electron chi connectivity index (χ3n) is 4.93. The Kier molecular flexibility index (Phi) is 5.94. The third-order valence-corrected chi connectivity index (χ3v) is 5.81. The Morgan fingerprint density at radius 3 is 2.74 bits per heavy atom. The molecule has 160 valence electrons. The monoisotopic (exact) mass is 439 g/mol. The minimum absolute atomic E-state index is 0.269. The van der Waals surface area contributed by atoms with Crippen LogP contribution in [0.15, 0.2) is 65.0 Å². The van der Waals surface area contributed by atoms with E-state index in [1.165, 1.54) is 17.8 Å². The van der Waals surface area contributed by atoms with Gasteiger partial charge in [0.25, 0.3) is 0 Å². The smallest absolute Gasteiger partial charge is 0.248 e. The molecule has 0 fully saturated rings. The molecule has 0 unspecified atom stereocenters. The molecule has 0 saturated heterocycles. The maximum atomic E-state index is 14.0. The number of nitrogens with one attached hydrogen (secondary N) is 1. The first-order valence-electron chi connectivity index (χ1n) is 9.81. The first-order chi connectivity index (χ1) is 15.0. The fourth-order valence-corrected chi connectivity index (χ4v) is 4.37. The summed E-state index contributed by atoms with van der Waals surface area (Å²) in [4.78, 5) is 16.9. The number of amides is 1. The van der Waals surface area contributed by atoms with Crippen LogP contribution in [0, 0.1) is 5.82 Å². The van der Waals surface area contributed by atoms with Crippen molar-refractivity contribution in [1.29, 1.82) is 0 Å². The van der Waals surface area contributed by atoms with E-state index in [9.17, 15) is 9.18 Å². The van der Waals surface area contributed by atoms with Crippen LogP contribution in [0.3, 0.4) is 0 Å². The standard InChI is InChI=1S/C22H22FN5O2S/c1-3-30-17-11-7-5-9-15(17)19-18(20(24)29)13(2)25-21-26-22(27-28(19)21)31-12-14-8-4-6-10-16(14)23/h4-11,19H,3,12H2,1-2H3,(H2,24,29)(H,25,26,27)/t19-/m0/s1. The van der Waals surface area contributed by atoms with Gasteiger partial charge in [-0.1, -0.05) is 48.2 Å². The Labute approximate surface area is 183 Å². The summed E-state index contributed by atoms with van der Waals surface area (Å²) in [7, 11) is 0. The molecule has 3 aromatic rings. The van der Waals surface area contributed by atoms with Gasteiger partial charge in [-0.05, 0) is 31.5 Å². The number of allylic oxidation sites excluding steroid dienone is 1. The second kappa shape index (κ2) is 8.81. The van der Waals surface area contributed by atoms with Crippen molar-refractivity contribution in [1.82, 2.24) is 14.8 Å². The number of para-hydroxylation sites is 1. The average Bonchev–Trinajstić information content (AvgIpc) is 3.15. The van der Waals surface area contributed by atoms with E-state index >= 15 is 0 Å². The molecule has 1 aliphatic heterocycles. The Morgan fingerprint density at radius 1 is 1.26 bits per heavy atom. The zero-order chi connectivity index (χ0) is 22.0. The summed E-state index contributed by atoms with van der Waals surface area (Å²) in [5.41, 5.74) is 8.06. The van der Waals surface area contributed by atoms with Crippen molar-refractivity contribution in [3.05, 3.63) is 76.7 Å². The number of carbonyl (C=O) groups excluding carboxylic acids is 1. The van der Waals surface area contributed by atoms with Crippen LogP contribution in [0.5, 0.6) is 5.75 Å². The quantitative estimate of drug-likeness (QED) is 0.543.